The number of H-pyrrole nitrogens is 1. The second-order valence-electron chi connectivity index (χ2n) is 6.62. The number of fused-ring (bicyclic) bond motifs is 1. The number of alkyl carbamates (subject to hydrolysis) is 1. The number of aryl methyl sites for hydroxylation is 1. The van der Waals surface area contributed by atoms with Crippen LogP contribution in [-0.4, -0.2) is 53.4 Å². The maximum Gasteiger partial charge on any atom is 0.407 e. The Morgan fingerprint density at radius 1 is 1.38 bits per heavy atom. The number of amides is 1. The molecule has 11 heteroatoms. The highest BCUT2D eigenvalue weighted by atomic mass is 35.5. The number of aromatic nitrogens is 7. The van der Waals surface area contributed by atoms with Crippen molar-refractivity contribution in [2.75, 3.05) is 6.54 Å². The van der Waals surface area contributed by atoms with Gasteiger partial charge >= 0.3 is 6.09 Å². The molecule has 2 N–H and O–H groups in total. The number of nitrogens with one attached hydrogen (secondary N) is 2. The zero-order chi connectivity index (χ0) is 18.7. The summed E-state index contributed by atoms with van der Waals surface area (Å²) in [5.74, 6) is 0. The third kappa shape index (κ3) is 4.26. The van der Waals surface area contributed by atoms with Gasteiger partial charge in [-0.1, -0.05) is 5.21 Å². The summed E-state index contributed by atoms with van der Waals surface area (Å²) in [5.41, 5.74) is 2.09. The van der Waals surface area contributed by atoms with Gasteiger partial charge in [-0.3, -0.25) is 5.10 Å². The Labute approximate surface area is 154 Å². The van der Waals surface area contributed by atoms with Crippen LogP contribution in [0.15, 0.2) is 12.4 Å². The second kappa shape index (κ2) is 7.24. The molecule has 0 unspecified atom stereocenters. The molecule has 3 rings (SSSR count). The van der Waals surface area contributed by atoms with Crippen LogP contribution in [-0.2, 0) is 11.2 Å². The molecule has 0 saturated heterocycles. The van der Waals surface area contributed by atoms with E-state index in [0.717, 1.165) is 11.4 Å². The van der Waals surface area contributed by atoms with Crippen molar-refractivity contribution in [2.45, 2.75) is 39.2 Å². The maximum atomic E-state index is 11.6. The molecule has 1 amide bonds. The minimum atomic E-state index is -0.516. The van der Waals surface area contributed by atoms with E-state index < -0.39 is 11.7 Å². The smallest absolute Gasteiger partial charge is 0.407 e. The molecule has 0 radical (unpaired) electrons. The molecule has 0 aliphatic heterocycles. The van der Waals surface area contributed by atoms with E-state index in [-0.39, 0.29) is 5.28 Å². The lowest BCUT2D eigenvalue weighted by molar-refractivity contribution is 0.0527. The monoisotopic (exact) mass is 378 g/mol. The molecule has 0 aliphatic carbocycles. The van der Waals surface area contributed by atoms with Gasteiger partial charge in [0.15, 0.2) is 11.2 Å². The number of rotatable bonds is 5. The first-order valence-electron chi connectivity index (χ1n) is 8.07. The van der Waals surface area contributed by atoms with Crippen LogP contribution in [0.3, 0.4) is 0 Å². The van der Waals surface area contributed by atoms with Crippen molar-refractivity contribution in [3.63, 3.8) is 0 Å². The van der Waals surface area contributed by atoms with E-state index in [2.05, 4.69) is 35.8 Å². The highest BCUT2D eigenvalue weighted by molar-refractivity contribution is 6.28. The fourth-order valence-electron chi connectivity index (χ4n) is 2.31. The summed E-state index contributed by atoms with van der Waals surface area (Å²) >= 11 is 5.86. The van der Waals surface area contributed by atoms with Gasteiger partial charge in [0.05, 0.1) is 18.1 Å². The van der Waals surface area contributed by atoms with Gasteiger partial charge < -0.3 is 10.1 Å². The average Bonchev–Trinajstić information content (AvgIpc) is 3.15. The summed E-state index contributed by atoms with van der Waals surface area (Å²) in [4.78, 5) is 19.7. The molecule has 0 atom stereocenters. The zero-order valence-corrected chi connectivity index (χ0v) is 15.4. The molecular weight excluding hydrogens is 360 g/mol. The number of nitrogens with zero attached hydrogens (tertiary/aromatic N) is 6. The number of carbonyl (C=O) groups is 1. The molecule has 0 spiro atoms. The van der Waals surface area contributed by atoms with Gasteiger partial charge in [-0.05, 0) is 45.2 Å². The van der Waals surface area contributed by atoms with Crippen LogP contribution in [0, 0.1) is 0 Å². The van der Waals surface area contributed by atoms with Crippen molar-refractivity contribution in [3.05, 3.63) is 23.4 Å². The zero-order valence-electron chi connectivity index (χ0n) is 14.7. The Balaban J connectivity index is 1.64. The molecule has 3 aromatic heterocycles. The van der Waals surface area contributed by atoms with E-state index in [1.54, 1.807) is 10.9 Å². The van der Waals surface area contributed by atoms with Crippen LogP contribution >= 0.6 is 11.6 Å². The fourth-order valence-corrected chi connectivity index (χ4v) is 2.44. The third-order valence-electron chi connectivity index (χ3n) is 3.36. The number of carbonyl (C=O) groups excluding carboxylic acids is 1. The lowest BCUT2D eigenvalue weighted by Gasteiger charge is -2.19. The number of hydrogen-bond acceptors (Lipinski definition) is 7. The van der Waals surface area contributed by atoms with E-state index in [1.807, 2.05) is 20.8 Å². The van der Waals surface area contributed by atoms with Crippen molar-refractivity contribution >= 4 is 28.9 Å². The SMILES string of the molecule is CC(C)(C)OC(=O)NCCCc1[nH]ncc1-n1nnc2cnc(Cl)nc21. The quantitative estimate of drug-likeness (QED) is 0.514. The van der Waals surface area contributed by atoms with Crippen LogP contribution in [0.1, 0.15) is 32.9 Å². The van der Waals surface area contributed by atoms with E-state index in [1.165, 1.54) is 6.20 Å². The summed E-state index contributed by atoms with van der Waals surface area (Å²) in [5, 5.41) is 18.0. The molecule has 26 heavy (non-hydrogen) atoms. The maximum absolute atomic E-state index is 11.6. The second-order valence-corrected chi connectivity index (χ2v) is 6.95. The molecule has 0 saturated carbocycles. The molecular formula is C15H19ClN8O2. The van der Waals surface area contributed by atoms with E-state index in [4.69, 9.17) is 16.3 Å². The molecule has 3 aromatic rings. The molecule has 0 aromatic carbocycles. The predicted molar refractivity (Wildman–Crippen MR) is 94.2 cm³/mol. The van der Waals surface area contributed by atoms with Gasteiger partial charge in [0.25, 0.3) is 0 Å². The normalized spacial score (nSPS) is 11.7. The minimum absolute atomic E-state index is 0.118. The molecule has 3 heterocycles. The van der Waals surface area contributed by atoms with Crippen molar-refractivity contribution < 1.29 is 9.53 Å². The first-order valence-corrected chi connectivity index (χ1v) is 8.45. The molecule has 138 valence electrons. The topological polar surface area (TPSA) is 124 Å². The lowest BCUT2D eigenvalue weighted by atomic mass is 10.2. The van der Waals surface area contributed by atoms with Gasteiger partial charge in [-0.25, -0.2) is 9.78 Å². The van der Waals surface area contributed by atoms with Gasteiger partial charge in [0.2, 0.25) is 5.28 Å². The Morgan fingerprint density at radius 2 is 2.19 bits per heavy atom. The van der Waals surface area contributed by atoms with Crippen molar-refractivity contribution in [3.8, 4) is 5.69 Å². The fraction of sp³-hybridized carbons (Fsp3) is 0.467. The summed E-state index contributed by atoms with van der Waals surface area (Å²) in [7, 11) is 0. The van der Waals surface area contributed by atoms with Crippen LogP contribution < -0.4 is 5.32 Å². The van der Waals surface area contributed by atoms with E-state index >= 15 is 0 Å². The van der Waals surface area contributed by atoms with Gasteiger partial charge in [-0.15, -0.1) is 5.10 Å². The van der Waals surface area contributed by atoms with Crippen LogP contribution in [0.2, 0.25) is 5.28 Å². The summed E-state index contributed by atoms with van der Waals surface area (Å²) < 4.78 is 6.76. The van der Waals surface area contributed by atoms with E-state index in [0.29, 0.717) is 30.6 Å². The van der Waals surface area contributed by atoms with Crippen LogP contribution in [0.5, 0.6) is 0 Å². The Hall–Kier alpha value is -2.75. The Kier molecular flexibility index (Phi) is 5.03. The highest BCUT2D eigenvalue weighted by Crippen LogP contribution is 2.18. The summed E-state index contributed by atoms with van der Waals surface area (Å²) in [6.45, 7) is 5.94. The predicted octanol–water partition coefficient (Wildman–Crippen LogP) is 2.04. The first kappa shape index (κ1) is 18.1. The lowest BCUT2D eigenvalue weighted by Crippen LogP contribution is -2.33. The van der Waals surface area contributed by atoms with Gasteiger partial charge in [0, 0.05) is 6.54 Å². The van der Waals surface area contributed by atoms with E-state index in [9.17, 15) is 4.79 Å². The largest absolute Gasteiger partial charge is 0.444 e. The minimum Gasteiger partial charge on any atom is -0.444 e. The molecule has 0 fully saturated rings. The van der Waals surface area contributed by atoms with Crippen molar-refractivity contribution in [1.29, 1.82) is 0 Å². The highest BCUT2D eigenvalue weighted by Gasteiger charge is 2.16. The molecule has 10 nitrogen and oxygen atoms in total. The third-order valence-corrected chi connectivity index (χ3v) is 3.54. The van der Waals surface area contributed by atoms with Crippen molar-refractivity contribution in [1.82, 2.24) is 40.5 Å². The number of aromatic amines is 1. The van der Waals surface area contributed by atoms with Gasteiger partial charge in [-0.2, -0.15) is 14.8 Å². The van der Waals surface area contributed by atoms with Crippen LogP contribution in [0.25, 0.3) is 16.9 Å². The first-order chi connectivity index (χ1) is 12.3. The van der Waals surface area contributed by atoms with Crippen molar-refractivity contribution in [2.24, 2.45) is 0 Å². The standard InChI is InChI=1S/C15H19ClN8O2/c1-15(2,3)26-14(25)17-6-4-5-9-11(8-19-21-9)24-12-10(22-23-24)7-18-13(16)20-12/h7-8H,4-6H2,1-3H3,(H,17,25)(H,19,21). The number of halogens is 1. The number of ether oxygens (including phenoxy) is 1. The van der Waals surface area contributed by atoms with Crippen LogP contribution in [0.4, 0.5) is 4.79 Å². The van der Waals surface area contributed by atoms with Gasteiger partial charge in [0.1, 0.15) is 11.3 Å². The summed E-state index contributed by atoms with van der Waals surface area (Å²) in [6.07, 6.45) is 4.05. The molecule has 0 bridgehead atoms. The average molecular weight is 379 g/mol. The molecule has 0 aliphatic rings. The Morgan fingerprint density at radius 3 is 2.96 bits per heavy atom. The Bertz CT molecular complexity index is 914. The summed E-state index contributed by atoms with van der Waals surface area (Å²) in [6, 6.07) is 0. The number of hydrogen-bond donors (Lipinski definition) is 2.